The molecule has 4 aromatic rings. The van der Waals surface area contributed by atoms with E-state index in [0.717, 1.165) is 16.5 Å². The highest BCUT2D eigenvalue weighted by molar-refractivity contribution is 7.09. The van der Waals surface area contributed by atoms with Crippen LogP contribution in [0.3, 0.4) is 0 Å². The van der Waals surface area contributed by atoms with Crippen LogP contribution in [0.5, 0.6) is 0 Å². The minimum Gasteiger partial charge on any atom is -0.451 e. The largest absolute Gasteiger partial charge is 0.451 e. The van der Waals surface area contributed by atoms with Crippen LogP contribution in [0.25, 0.3) is 11.0 Å². The summed E-state index contributed by atoms with van der Waals surface area (Å²) in [7, 11) is 0. The summed E-state index contributed by atoms with van der Waals surface area (Å²) in [4.78, 5) is 31.6. The summed E-state index contributed by atoms with van der Waals surface area (Å²) in [6.07, 6.45) is -3.10. The van der Waals surface area contributed by atoms with Gasteiger partial charge in [0.2, 0.25) is 0 Å². The van der Waals surface area contributed by atoms with Crippen LogP contribution in [0.15, 0.2) is 64.4 Å². The number of furan rings is 1. The maximum atomic E-state index is 13.2. The lowest BCUT2D eigenvalue weighted by molar-refractivity contribution is -0.138. The number of carbonyl (C=O) groups excluding carboxylic acids is 2. The lowest BCUT2D eigenvalue weighted by atomic mass is 9.97. The van der Waals surface area contributed by atoms with Gasteiger partial charge in [-0.1, -0.05) is 36.4 Å². The Morgan fingerprint density at radius 3 is 2.56 bits per heavy atom. The number of halogens is 3. The SMILES string of the molecule is O=C(NCc1ccccc1C(F)(F)F)c1csc(C2CCN(C(=O)c3cc4ccccc4o3)CC2)n1. The van der Waals surface area contributed by atoms with Crippen LogP contribution in [-0.2, 0) is 12.7 Å². The molecular formula is C26H22F3N3O3S. The molecule has 2 aromatic carbocycles. The molecule has 0 spiro atoms. The molecule has 1 aliphatic rings. The minimum absolute atomic E-state index is 0.00436. The smallest absolute Gasteiger partial charge is 0.416 e. The van der Waals surface area contributed by atoms with Crippen molar-refractivity contribution in [1.82, 2.24) is 15.2 Å². The number of nitrogens with zero attached hydrogens (tertiary/aromatic N) is 2. The van der Waals surface area contributed by atoms with E-state index in [4.69, 9.17) is 4.42 Å². The summed E-state index contributed by atoms with van der Waals surface area (Å²) in [5, 5.41) is 5.82. The summed E-state index contributed by atoms with van der Waals surface area (Å²) in [6, 6.07) is 14.4. The Balaban J connectivity index is 1.17. The molecule has 6 nitrogen and oxygen atoms in total. The first kappa shape index (κ1) is 24.1. The van der Waals surface area contributed by atoms with Crippen molar-refractivity contribution in [2.24, 2.45) is 0 Å². The van der Waals surface area contributed by atoms with E-state index in [-0.39, 0.29) is 29.6 Å². The lowest BCUT2D eigenvalue weighted by Gasteiger charge is -2.30. The second-order valence-electron chi connectivity index (χ2n) is 8.62. The number of likely N-dealkylation sites (tertiary alicyclic amines) is 1. The van der Waals surface area contributed by atoms with Crippen molar-refractivity contribution in [1.29, 1.82) is 0 Å². The van der Waals surface area contributed by atoms with E-state index in [1.807, 2.05) is 24.3 Å². The minimum atomic E-state index is -4.49. The van der Waals surface area contributed by atoms with Crippen LogP contribution in [0.1, 0.15) is 55.9 Å². The third kappa shape index (κ3) is 4.99. The zero-order valence-corrected chi connectivity index (χ0v) is 19.9. The number of carbonyl (C=O) groups is 2. The standard InChI is InChI=1S/C26H22F3N3O3S/c27-26(28,29)19-7-3-1-6-18(19)14-30-23(33)20-15-36-24(31-20)16-9-11-32(12-10-16)25(34)22-13-17-5-2-4-8-21(17)35-22/h1-8,13,15-16H,9-12,14H2,(H,30,33). The normalized spacial score (nSPS) is 14.8. The fraction of sp³-hybridized carbons (Fsp3) is 0.269. The number of aromatic nitrogens is 1. The Morgan fingerprint density at radius 1 is 1.08 bits per heavy atom. The van der Waals surface area contributed by atoms with E-state index < -0.39 is 17.6 Å². The number of para-hydroxylation sites is 1. The number of benzene rings is 2. The maximum absolute atomic E-state index is 13.2. The molecule has 0 atom stereocenters. The molecule has 1 N–H and O–H groups in total. The Bertz CT molecular complexity index is 1370. The quantitative estimate of drug-likeness (QED) is 0.363. The number of hydrogen-bond acceptors (Lipinski definition) is 5. The van der Waals surface area contributed by atoms with Gasteiger partial charge in [-0.15, -0.1) is 11.3 Å². The van der Waals surface area contributed by atoms with Gasteiger partial charge in [0.1, 0.15) is 11.3 Å². The molecule has 0 aliphatic carbocycles. The number of alkyl halides is 3. The van der Waals surface area contributed by atoms with Crippen LogP contribution in [0, 0.1) is 0 Å². The number of piperidine rings is 1. The third-order valence-corrected chi connectivity index (χ3v) is 7.29. The first-order valence-electron chi connectivity index (χ1n) is 11.5. The lowest BCUT2D eigenvalue weighted by Crippen LogP contribution is -2.37. The molecule has 2 amide bonds. The molecule has 36 heavy (non-hydrogen) atoms. The highest BCUT2D eigenvalue weighted by Crippen LogP contribution is 2.33. The molecular weight excluding hydrogens is 491 g/mol. The second-order valence-corrected chi connectivity index (χ2v) is 9.51. The van der Waals surface area contributed by atoms with E-state index in [0.29, 0.717) is 37.3 Å². The highest BCUT2D eigenvalue weighted by Gasteiger charge is 2.33. The summed E-state index contributed by atoms with van der Waals surface area (Å²) in [5.74, 6) is -0.257. The Kier molecular flexibility index (Phi) is 6.53. The van der Waals surface area contributed by atoms with Crippen molar-refractivity contribution < 1.29 is 27.2 Å². The number of thiazole rings is 1. The van der Waals surface area contributed by atoms with Crippen molar-refractivity contribution in [3.8, 4) is 0 Å². The molecule has 1 saturated heterocycles. The molecule has 186 valence electrons. The zero-order valence-electron chi connectivity index (χ0n) is 19.0. The average Bonchev–Trinajstić information content (AvgIpc) is 3.54. The molecule has 0 saturated carbocycles. The van der Waals surface area contributed by atoms with Crippen molar-refractivity contribution in [2.75, 3.05) is 13.1 Å². The molecule has 2 aromatic heterocycles. The van der Waals surface area contributed by atoms with E-state index in [1.165, 1.54) is 29.5 Å². The van der Waals surface area contributed by atoms with Gasteiger partial charge in [0, 0.05) is 36.3 Å². The summed E-state index contributed by atoms with van der Waals surface area (Å²) < 4.78 is 45.2. The topological polar surface area (TPSA) is 75.4 Å². The highest BCUT2D eigenvalue weighted by atomic mass is 32.1. The summed E-state index contributed by atoms with van der Waals surface area (Å²) >= 11 is 1.35. The maximum Gasteiger partial charge on any atom is 0.416 e. The Labute approximate surface area is 208 Å². The molecule has 0 bridgehead atoms. The van der Waals surface area contributed by atoms with Gasteiger partial charge in [-0.3, -0.25) is 9.59 Å². The van der Waals surface area contributed by atoms with Crippen molar-refractivity contribution in [3.05, 3.63) is 87.6 Å². The number of nitrogens with one attached hydrogen (secondary N) is 1. The molecule has 1 fully saturated rings. The molecule has 5 rings (SSSR count). The first-order valence-corrected chi connectivity index (χ1v) is 12.3. The van der Waals surface area contributed by atoms with Gasteiger partial charge in [-0.05, 0) is 36.6 Å². The van der Waals surface area contributed by atoms with Crippen LogP contribution >= 0.6 is 11.3 Å². The van der Waals surface area contributed by atoms with Gasteiger partial charge in [0.25, 0.3) is 11.8 Å². The molecule has 1 aliphatic heterocycles. The number of rotatable bonds is 5. The predicted molar refractivity (Wildman–Crippen MR) is 129 cm³/mol. The van der Waals surface area contributed by atoms with Gasteiger partial charge < -0.3 is 14.6 Å². The fourth-order valence-corrected chi connectivity index (χ4v) is 5.34. The molecule has 10 heteroatoms. The van der Waals surface area contributed by atoms with Crippen LogP contribution in [0.4, 0.5) is 13.2 Å². The van der Waals surface area contributed by atoms with Gasteiger partial charge in [0.05, 0.1) is 10.6 Å². The van der Waals surface area contributed by atoms with Gasteiger partial charge in [-0.25, -0.2) is 4.98 Å². The molecule has 0 radical (unpaired) electrons. The van der Waals surface area contributed by atoms with Gasteiger partial charge in [0.15, 0.2) is 5.76 Å². The third-order valence-electron chi connectivity index (χ3n) is 6.28. The van der Waals surface area contributed by atoms with Crippen molar-refractivity contribution in [2.45, 2.75) is 31.5 Å². The number of fused-ring (bicyclic) bond motifs is 1. The predicted octanol–water partition coefficient (Wildman–Crippen LogP) is 5.86. The molecule has 0 unspecified atom stereocenters. The summed E-state index contributed by atoms with van der Waals surface area (Å²) in [6.45, 7) is 0.829. The zero-order chi connectivity index (χ0) is 25.3. The fourth-order valence-electron chi connectivity index (χ4n) is 4.37. The second kappa shape index (κ2) is 9.77. The van der Waals surface area contributed by atoms with E-state index in [2.05, 4.69) is 10.3 Å². The number of hydrogen-bond donors (Lipinski definition) is 1. The van der Waals surface area contributed by atoms with Crippen molar-refractivity contribution >= 4 is 34.1 Å². The Hall–Kier alpha value is -3.66. The van der Waals surface area contributed by atoms with Crippen LogP contribution in [-0.4, -0.2) is 34.8 Å². The average molecular weight is 514 g/mol. The van der Waals surface area contributed by atoms with Crippen LogP contribution in [0.2, 0.25) is 0 Å². The Morgan fingerprint density at radius 2 is 1.81 bits per heavy atom. The van der Waals surface area contributed by atoms with Gasteiger partial charge in [-0.2, -0.15) is 13.2 Å². The van der Waals surface area contributed by atoms with Crippen LogP contribution < -0.4 is 5.32 Å². The molecule has 3 heterocycles. The van der Waals surface area contributed by atoms with E-state index in [1.54, 1.807) is 16.3 Å². The van der Waals surface area contributed by atoms with E-state index >= 15 is 0 Å². The van der Waals surface area contributed by atoms with Crippen molar-refractivity contribution in [3.63, 3.8) is 0 Å². The van der Waals surface area contributed by atoms with Gasteiger partial charge >= 0.3 is 6.18 Å². The monoisotopic (exact) mass is 513 g/mol. The number of amides is 2. The summed E-state index contributed by atoms with van der Waals surface area (Å²) in [5.41, 5.74) is 0.0787. The van der Waals surface area contributed by atoms with E-state index in [9.17, 15) is 22.8 Å². The first-order chi connectivity index (χ1) is 17.3.